The van der Waals surface area contributed by atoms with Gasteiger partial charge in [0.15, 0.2) is 0 Å². The van der Waals surface area contributed by atoms with Crippen LogP contribution in [0.3, 0.4) is 0 Å². The van der Waals surface area contributed by atoms with Crippen molar-refractivity contribution in [3.63, 3.8) is 0 Å². The Kier molecular flexibility index (Phi) is 6.49. The maximum atomic E-state index is 11.7. The Balaban J connectivity index is 2.12. The molecule has 0 saturated carbocycles. The van der Waals surface area contributed by atoms with Gasteiger partial charge in [-0.1, -0.05) is 0 Å². The number of nitrogens with zero attached hydrogens (tertiary/aromatic N) is 1. The fraction of sp³-hybridized carbons (Fsp3) is 0.833. The topological polar surface area (TPSA) is 78.9 Å². The van der Waals surface area contributed by atoms with E-state index in [1.807, 2.05) is 0 Å². The van der Waals surface area contributed by atoms with Gasteiger partial charge >= 0.3 is 12.0 Å². The van der Waals surface area contributed by atoms with Crippen LogP contribution in [-0.4, -0.2) is 55.4 Å². The fourth-order valence-electron chi connectivity index (χ4n) is 1.90. The third-order valence-electron chi connectivity index (χ3n) is 3.03. The summed E-state index contributed by atoms with van der Waals surface area (Å²) in [6.07, 6.45) is 2.71. The number of carboxylic acids is 1. The van der Waals surface area contributed by atoms with Crippen molar-refractivity contribution in [2.24, 2.45) is 5.92 Å². The molecular formula is C12H22N2O4. The summed E-state index contributed by atoms with van der Waals surface area (Å²) in [6, 6.07) is -0.147. The van der Waals surface area contributed by atoms with Gasteiger partial charge in [-0.05, 0) is 25.2 Å². The van der Waals surface area contributed by atoms with Crippen molar-refractivity contribution in [1.29, 1.82) is 0 Å². The van der Waals surface area contributed by atoms with Gasteiger partial charge in [0.25, 0.3) is 0 Å². The van der Waals surface area contributed by atoms with Crippen molar-refractivity contribution in [2.75, 3.05) is 33.4 Å². The minimum absolute atomic E-state index is 0.0914. The first-order valence-corrected chi connectivity index (χ1v) is 6.38. The van der Waals surface area contributed by atoms with Gasteiger partial charge < -0.3 is 20.1 Å². The molecule has 0 bridgehead atoms. The number of rotatable bonds is 6. The van der Waals surface area contributed by atoms with Gasteiger partial charge in [-0.3, -0.25) is 4.79 Å². The number of nitrogens with one attached hydrogen (secondary N) is 1. The lowest BCUT2D eigenvalue weighted by molar-refractivity contribution is -0.137. The molecule has 0 aromatic rings. The average molecular weight is 258 g/mol. The standard InChI is InChI=1S/C12H22N2O4/c1-14(6-2-5-11(15)16)12(17)13-8-10-4-3-7-18-9-10/h10H,2-9H2,1H3,(H,13,17)(H,15,16). The Hall–Kier alpha value is -1.30. The molecular weight excluding hydrogens is 236 g/mol. The van der Waals surface area contributed by atoms with E-state index in [1.54, 1.807) is 7.05 Å². The minimum atomic E-state index is -0.830. The van der Waals surface area contributed by atoms with Crippen LogP contribution in [-0.2, 0) is 9.53 Å². The number of urea groups is 1. The van der Waals surface area contributed by atoms with Crippen molar-refractivity contribution in [3.8, 4) is 0 Å². The van der Waals surface area contributed by atoms with Crippen LogP contribution in [0, 0.1) is 5.92 Å². The number of aliphatic carboxylic acids is 1. The summed E-state index contributed by atoms with van der Waals surface area (Å²) >= 11 is 0. The molecule has 0 aromatic heterocycles. The number of hydrogen-bond donors (Lipinski definition) is 2. The number of carbonyl (C=O) groups is 2. The second-order valence-electron chi connectivity index (χ2n) is 4.69. The summed E-state index contributed by atoms with van der Waals surface area (Å²) in [6.45, 7) is 2.62. The molecule has 1 aliphatic heterocycles. The molecule has 0 aliphatic carbocycles. The summed E-state index contributed by atoms with van der Waals surface area (Å²) in [5.74, 6) is -0.432. The van der Waals surface area contributed by atoms with E-state index in [1.165, 1.54) is 4.90 Å². The van der Waals surface area contributed by atoms with Gasteiger partial charge in [-0.25, -0.2) is 4.79 Å². The Labute approximate surface area is 107 Å². The molecule has 0 aromatic carbocycles. The Morgan fingerprint density at radius 1 is 1.50 bits per heavy atom. The summed E-state index contributed by atoms with van der Waals surface area (Å²) in [5.41, 5.74) is 0. The van der Waals surface area contributed by atoms with E-state index in [9.17, 15) is 9.59 Å². The molecule has 1 fully saturated rings. The zero-order valence-electron chi connectivity index (χ0n) is 10.9. The highest BCUT2D eigenvalue weighted by molar-refractivity contribution is 5.73. The maximum Gasteiger partial charge on any atom is 0.317 e. The summed E-state index contributed by atoms with van der Waals surface area (Å²) in [5, 5.41) is 11.4. The summed E-state index contributed by atoms with van der Waals surface area (Å²) in [4.78, 5) is 23.6. The Morgan fingerprint density at radius 2 is 2.28 bits per heavy atom. The van der Waals surface area contributed by atoms with E-state index in [4.69, 9.17) is 9.84 Å². The molecule has 1 unspecified atom stereocenters. The van der Waals surface area contributed by atoms with E-state index >= 15 is 0 Å². The highest BCUT2D eigenvalue weighted by Crippen LogP contribution is 2.12. The molecule has 1 heterocycles. The SMILES string of the molecule is CN(CCCC(=O)O)C(=O)NCC1CCCOC1. The van der Waals surface area contributed by atoms with Crippen LogP contribution in [0.4, 0.5) is 4.79 Å². The largest absolute Gasteiger partial charge is 0.481 e. The minimum Gasteiger partial charge on any atom is -0.481 e. The van der Waals surface area contributed by atoms with Gasteiger partial charge in [-0.2, -0.15) is 0 Å². The van der Waals surface area contributed by atoms with Crippen LogP contribution in [0.5, 0.6) is 0 Å². The van der Waals surface area contributed by atoms with E-state index < -0.39 is 5.97 Å². The fourth-order valence-corrected chi connectivity index (χ4v) is 1.90. The van der Waals surface area contributed by atoms with Gasteiger partial charge in [0.1, 0.15) is 0 Å². The first-order chi connectivity index (χ1) is 8.59. The molecule has 1 aliphatic rings. The number of hydrogen-bond acceptors (Lipinski definition) is 3. The van der Waals surface area contributed by atoms with Crippen LogP contribution in [0.1, 0.15) is 25.7 Å². The summed E-state index contributed by atoms with van der Waals surface area (Å²) < 4.78 is 5.34. The lowest BCUT2D eigenvalue weighted by atomic mass is 10.0. The predicted octanol–water partition coefficient (Wildman–Crippen LogP) is 0.919. The molecule has 18 heavy (non-hydrogen) atoms. The number of carboxylic acid groups (broad SMARTS) is 1. The van der Waals surface area contributed by atoms with Gasteiger partial charge in [0.2, 0.25) is 0 Å². The molecule has 0 spiro atoms. The molecule has 6 heteroatoms. The second kappa shape index (κ2) is 7.92. The third kappa shape index (κ3) is 5.86. The van der Waals surface area contributed by atoms with Crippen LogP contribution >= 0.6 is 0 Å². The lowest BCUT2D eigenvalue weighted by Gasteiger charge is -2.24. The Bertz CT molecular complexity index is 277. The van der Waals surface area contributed by atoms with Gasteiger partial charge in [0, 0.05) is 33.2 Å². The monoisotopic (exact) mass is 258 g/mol. The van der Waals surface area contributed by atoms with Crippen LogP contribution in [0.2, 0.25) is 0 Å². The first-order valence-electron chi connectivity index (χ1n) is 6.38. The molecule has 0 radical (unpaired) electrons. The lowest BCUT2D eigenvalue weighted by Crippen LogP contribution is -2.41. The average Bonchev–Trinajstić information content (AvgIpc) is 2.36. The smallest absolute Gasteiger partial charge is 0.317 e. The zero-order chi connectivity index (χ0) is 13.4. The molecule has 2 amide bonds. The van der Waals surface area contributed by atoms with Crippen molar-refractivity contribution in [3.05, 3.63) is 0 Å². The van der Waals surface area contributed by atoms with E-state index in [0.29, 0.717) is 32.0 Å². The van der Waals surface area contributed by atoms with Gasteiger partial charge in [0.05, 0.1) is 6.61 Å². The van der Waals surface area contributed by atoms with E-state index in [0.717, 1.165) is 19.4 Å². The Morgan fingerprint density at radius 3 is 2.89 bits per heavy atom. The van der Waals surface area contributed by atoms with Crippen LogP contribution < -0.4 is 5.32 Å². The zero-order valence-corrected chi connectivity index (χ0v) is 10.9. The molecule has 1 rings (SSSR count). The summed E-state index contributed by atoms with van der Waals surface area (Å²) in [7, 11) is 1.68. The van der Waals surface area contributed by atoms with Crippen molar-refractivity contribution >= 4 is 12.0 Å². The molecule has 104 valence electrons. The maximum absolute atomic E-state index is 11.7. The van der Waals surface area contributed by atoms with E-state index in [2.05, 4.69) is 5.32 Å². The first kappa shape index (κ1) is 14.8. The molecule has 1 atom stereocenters. The predicted molar refractivity (Wildman–Crippen MR) is 66.4 cm³/mol. The third-order valence-corrected chi connectivity index (χ3v) is 3.03. The quantitative estimate of drug-likeness (QED) is 0.742. The molecule has 6 nitrogen and oxygen atoms in total. The number of ether oxygens (including phenoxy) is 1. The van der Waals surface area contributed by atoms with E-state index in [-0.39, 0.29) is 12.5 Å². The van der Waals surface area contributed by atoms with Crippen molar-refractivity contribution < 1.29 is 19.4 Å². The number of amides is 2. The van der Waals surface area contributed by atoms with Crippen LogP contribution in [0.25, 0.3) is 0 Å². The normalized spacial score (nSPS) is 19.3. The number of carbonyl (C=O) groups excluding carboxylic acids is 1. The van der Waals surface area contributed by atoms with Gasteiger partial charge in [-0.15, -0.1) is 0 Å². The van der Waals surface area contributed by atoms with Crippen molar-refractivity contribution in [2.45, 2.75) is 25.7 Å². The second-order valence-corrected chi connectivity index (χ2v) is 4.69. The molecule has 2 N–H and O–H groups in total. The highest BCUT2D eigenvalue weighted by Gasteiger charge is 2.16. The van der Waals surface area contributed by atoms with Crippen LogP contribution in [0.15, 0.2) is 0 Å². The van der Waals surface area contributed by atoms with Crippen molar-refractivity contribution in [1.82, 2.24) is 10.2 Å². The highest BCUT2D eigenvalue weighted by atomic mass is 16.5. The molecule has 1 saturated heterocycles.